The number of phosphoric acid groups is 1. The summed E-state index contributed by atoms with van der Waals surface area (Å²) in [4.78, 5) is 47.5. The maximum Gasteiger partial charge on any atom is 0.475 e. The number of carbonyl (C=O) groups excluding carboxylic acids is 3. The number of ether oxygens (including phenoxy) is 4. The molecule has 274 valence electrons. The molecule has 0 amide bonds. The second-order valence-corrected chi connectivity index (χ2v) is 13.8. The molecule has 0 radical (unpaired) electrons. The van der Waals surface area contributed by atoms with E-state index in [1.54, 1.807) is 0 Å². The molecule has 0 heterocycles. The van der Waals surface area contributed by atoms with Crippen LogP contribution in [0.4, 0.5) is 5.69 Å². The molecular formula is C32H52NO13PS. The van der Waals surface area contributed by atoms with Crippen molar-refractivity contribution >= 4 is 42.3 Å². The number of hydrogen-bond donors (Lipinski definition) is 0. The largest absolute Gasteiger partial charge is 0.493 e. The van der Waals surface area contributed by atoms with Crippen LogP contribution in [0, 0.1) is 10.1 Å². The first-order chi connectivity index (χ1) is 23.0. The predicted molar refractivity (Wildman–Crippen MR) is 181 cm³/mol. The SMILES string of the molecule is CCCCCCCC(=O)OC[C@H](COP(=O)(OCCSC(C)=O)OCc1cc(OC)c(OC)cc1[N+](=O)[O-])OC(=O)CCCCCCC. The average molecular weight is 722 g/mol. The van der Waals surface area contributed by atoms with Gasteiger partial charge >= 0.3 is 19.8 Å². The van der Waals surface area contributed by atoms with Crippen LogP contribution >= 0.6 is 19.6 Å². The predicted octanol–water partition coefficient (Wildman–Crippen LogP) is 7.73. The third-order valence-corrected chi connectivity index (χ3v) is 9.10. The van der Waals surface area contributed by atoms with Gasteiger partial charge in [-0.1, -0.05) is 77.0 Å². The van der Waals surface area contributed by atoms with Crippen molar-refractivity contribution in [2.75, 3.05) is 39.8 Å². The second kappa shape index (κ2) is 25.3. The van der Waals surface area contributed by atoms with Gasteiger partial charge in [-0.15, -0.1) is 0 Å². The third kappa shape index (κ3) is 18.7. The van der Waals surface area contributed by atoms with Crippen LogP contribution in [0.1, 0.15) is 103 Å². The Balaban J connectivity index is 3.09. The van der Waals surface area contributed by atoms with Crippen LogP contribution in [0.15, 0.2) is 12.1 Å². The van der Waals surface area contributed by atoms with Crippen molar-refractivity contribution in [2.45, 2.75) is 111 Å². The van der Waals surface area contributed by atoms with Crippen LogP contribution in [-0.4, -0.2) is 67.9 Å². The van der Waals surface area contributed by atoms with Crippen molar-refractivity contribution in [3.63, 3.8) is 0 Å². The molecule has 0 bridgehead atoms. The van der Waals surface area contributed by atoms with E-state index in [0.29, 0.717) is 12.8 Å². The summed E-state index contributed by atoms with van der Waals surface area (Å²) in [5.74, 6) is -0.606. The Labute approximate surface area is 288 Å². The molecule has 0 saturated carbocycles. The number of methoxy groups -OCH3 is 2. The van der Waals surface area contributed by atoms with Crippen LogP contribution in [0.5, 0.6) is 11.5 Å². The molecule has 2 atom stereocenters. The summed E-state index contributed by atoms with van der Waals surface area (Å²) in [5.41, 5.74) is -0.402. The van der Waals surface area contributed by atoms with E-state index in [2.05, 4.69) is 13.8 Å². The molecule has 0 aromatic heterocycles. The van der Waals surface area contributed by atoms with E-state index < -0.39 is 49.7 Å². The van der Waals surface area contributed by atoms with E-state index in [4.69, 9.17) is 32.5 Å². The van der Waals surface area contributed by atoms with Crippen LogP contribution < -0.4 is 9.47 Å². The summed E-state index contributed by atoms with van der Waals surface area (Å²) in [6.45, 7) is 3.85. The number of unbranched alkanes of at least 4 members (excludes halogenated alkanes) is 8. The highest BCUT2D eigenvalue weighted by Crippen LogP contribution is 2.51. The van der Waals surface area contributed by atoms with Gasteiger partial charge in [-0.2, -0.15) is 0 Å². The van der Waals surface area contributed by atoms with Gasteiger partial charge in [0.1, 0.15) is 6.61 Å². The van der Waals surface area contributed by atoms with Crippen LogP contribution in [0.2, 0.25) is 0 Å². The number of hydrogen-bond acceptors (Lipinski definition) is 14. The lowest BCUT2D eigenvalue weighted by Crippen LogP contribution is -2.29. The number of thioether (sulfide) groups is 1. The first-order valence-electron chi connectivity index (χ1n) is 16.4. The molecule has 1 unspecified atom stereocenters. The van der Waals surface area contributed by atoms with Crippen molar-refractivity contribution in [2.24, 2.45) is 0 Å². The molecule has 0 spiro atoms. The van der Waals surface area contributed by atoms with Crippen molar-refractivity contribution in [1.82, 2.24) is 0 Å². The molecule has 48 heavy (non-hydrogen) atoms. The van der Waals surface area contributed by atoms with E-state index in [1.165, 1.54) is 27.2 Å². The Bertz CT molecular complexity index is 1180. The van der Waals surface area contributed by atoms with Gasteiger partial charge in [0.15, 0.2) is 22.7 Å². The second-order valence-electron chi connectivity index (χ2n) is 10.9. The third-order valence-electron chi connectivity index (χ3n) is 6.91. The standard InChI is InChI=1S/C32H52NO13PS/c1-6-8-10-12-14-16-31(35)42-23-27(46-32(36)17-15-13-11-9-7-2)24-45-47(39,43-18-19-48-25(3)34)44-22-26-20-29(40-4)30(41-5)21-28(26)33(37)38/h20-21,27H,6-19,22-24H2,1-5H3/t27-,47?/m1/s1. The van der Waals surface area contributed by atoms with Crippen LogP contribution in [-0.2, 0) is 48.6 Å². The summed E-state index contributed by atoms with van der Waals surface area (Å²) in [5, 5.41) is 11.6. The van der Waals surface area contributed by atoms with Crippen LogP contribution in [0.25, 0.3) is 0 Å². The van der Waals surface area contributed by atoms with Crippen molar-refractivity contribution in [3.8, 4) is 11.5 Å². The fourth-order valence-electron chi connectivity index (χ4n) is 4.33. The smallest absolute Gasteiger partial charge is 0.475 e. The highest BCUT2D eigenvalue weighted by atomic mass is 32.2. The normalized spacial score (nSPS) is 12.9. The number of carbonyl (C=O) groups is 3. The molecule has 1 aromatic rings. The van der Waals surface area contributed by atoms with Gasteiger partial charge < -0.3 is 18.9 Å². The molecule has 1 aromatic carbocycles. The zero-order chi connectivity index (χ0) is 35.8. The quantitative estimate of drug-likeness (QED) is 0.0270. The first kappa shape index (κ1) is 43.3. The Morgan fingerprint density at radius 2 is 1.42 bits per heavy atom. The Morgan fingerprint density at radius 1 is 0.833 bits per heavy atom. The molecule has 1 rings (SSSR count). The lowest BCUT2D eigenvalue weighted by molar-refractivity contribution is -0.385. The van der Waals surface area contributed by atoms with Crippen LogP contribution in [0.3, 0.4) is 0 Å². The topological polar surface area (TPSA) is 176 Å². The van der Waals surface area contributed by atoms with Gasteiger partial charge in [0.2, 0.25) is 0 Å². The molecule has 0 aliphatic rings. The first-order valence-corrected chi connectivity index (χ1v) is 18.8. The van der Waals surface area contributed by atoms with Gasteiger partial charge in [0.25, 0.3) is 5.69 Å². The number of nitro benzene ring substituents is 1. The zero-order valence-electron chi connectivity index (χ0n) is 28.9. The Morgan fingerprint density at radius 3 is 1.98 bits per heavy atom. The molecule has 14 nitrogen and oxygen atoms in total. The fourth-order valence-corrected chi connectivity index (χ4v) is 6.09. The minimum absolute atomic E-state index is 0.0119. The lowest BCUT2D eigenvalue weighted by Gasteiger charge is -2.22. The number of benzene rings is 1. The van der Waals surface area contributed by atoms with Gasteiger partial charge in [-0.3, -0.25) is 38.1 Å². The Hall–Kier alpha value is -2.71. The number of nitrogens with zero attached hydrogens (tertiary/aromatic N) is 1. The highest BCUT2D eigenvalue weighted by Gasteiger charge is 2.32. The fraction of sp³-hybridized carbons (Fsp3) is 0.719. The summed E-state index contributed by atoms with van der Waals surface area (Å²) >= 11 is 0.926. The van der Waals surface area contributed by atoms with Gasteiger partial charge in [-0.05, 0) is 18.9 Å². The average Bonchev–Trinajstić information content (AvgIpc) is 3.06. The minimum atomic E-state index is -4.50. The summed E-state index contributed by atoms with van der Waals surface area (Å²) in [6.07, 6.45) is 8.52. The number of esters is 2. The number of phosphoric ester groups is 1. The highest BCUT2D eigenvalue weighted by molar-refractivity contribution is 8.13. The molecule has 0 saturated heterocycles. The number of nitro groups is 1. The molecule has 0 aliphatic carbocycles. The zero-order valence-corrected chi connectivity index (χ0v) is 30.6. The van der Waals surface area contributed by atoms with Crippen molar-refractivity contribution in [1.29, 1.82) is 0 Å². The minimum Gasteiger partial charge on any atom is -0.493 e. The van der Waals surface area contributed by atoms with Gasteiger partial charge in [0, 0.05) is 25.5 Å². The molecule has 0 N–H and O–H groups in total. The maximum absolute atomic E-state index is 13.8. The van der Waals surface area contributed by atoms with E-state index in [1.807, 2.05) is 0 Å². The summed E-state index contributed by atoms with van der Waals surface area (Å²) in [7, 11) is -1.82. The van der Waals surface area contributed by atoms with Crippen molar-refractivity contribution in [3.05, 3.63) is 27.8 Å². The summed E-state index contributed by atoms with van der Waals surface area (Å²) in [6, 6.07) is 2.45. The Kier molecular flexibility index (Phi) is 22.8. The van der Waals surface area contributed by atoms with E-state index in [9.17, 15) is 29.1 Å². The van der Waals surface area contributed by atoms with Crippen molar-refractivity contribution < 1.29 is 56.4 Å². The molecule has 0 fully saturated rings. The van der Waals surface area contributed by atoms with Gasteiger partial charge in [-0.25, -0.2) is 4.57 Å². The van der Waals surface area contributed by atoms with Gasteiger partial charge in [0.05, 0.1) is 50.6 Å². The maximum atomic E-state index is 13.8. The monoisotopic (exact) mass is 721 g/mol. The number of rotatable bonds is 28. The van der Waals surface area contributed by atoms with E-state index in [-0.39, 0.29) is 54.0 Å². The molecule has 0 aliphatic heterocycles. The molecular weight excluding hydrogens is 669 g/mol. The lowest BCUT2D eigenvalue weighted by atomic mass is 10.1. The van der Waals surface area contributed by atoms with E-state index >= 15 is 0 Å². The molecule has 16 heteroatoms. The summed E-state index contributed by atoms with van der Waals surface area (Å²) < 4.78 is 51.6. The van der Waals surface area contributed by atoms with E-state index in [0.717, 1.165) is 69.2 Å².